The number of aliphatic hydroxyl groups excluding tert-OH is 2. The van der Waals surface area contributed by atoms with Gasteiger partial charge in [0.25, 0.3) is 0 Å². The summed E-state index contributed by atoms with van der Waals surface area (Å²) in [6, 6.07) is 0. The minimum atomic E-state index is -0.693. The van der Waals surface area contributed by atoms with Crippen LogP contribution in [0.5, 0.6) is 0 Å². The third-order valence-electron chi connectivity index (χ3n) is 10.1. The van der Waals surface area contributed by atoms with E-state index in [4.69, 9.17) is 5.11 Å². The van der Waals surface area contributed by atoms with Gasteiger partial charge in [-0.3, -0.25) is 4.79 Å². The first kappa shape index (κ1) is 24.0. The van der Waals surface area contributed by atoms with Crippen LogP contribution >= 0.6 is 0 Å². The maximum atomic E-state index is 11.4. The number of aliphatic carboxylic acids is 1. The van der Waals surface area contributed by atoms with Crippen molar-refractivity contribution in [3.8, 4) is 0 Å². The highest BCUT2D eigenvalue weighted by Gasteiger charge is 2.63. The summed E-state index contributed by atoms with van der Waals surface area (Å²) < 4.78 is 0. The van der Waals surface area contributed by atoms with Gasteiger partial charge in [0.05, 0.1) is 12.2 Å². The van der Waals surface area contributed by atoms with Crippen molar-refractivity contribution in [3.05, 3.63) is 0 Å². The van der Waals surface area contributed by atoms with Crippen molar-refractivity contribution in [1.82, 2.24) is 0 Å². The lowest BCUT2D eigenvalue weighted by atomic mass is 9.43. The fourth-order valence-electron chi connectivity index (χ4n) is 8.89. The van der Waals surface area contributed by atoms with Gasteiger partial charge in [-0.05, 0) is 104 Å². The van der Waals surface area contributed by atoms with Crippen molar-refractivity contribution in [2.24, 2.45) is 46.3 Å². The second kappa shape index (κ2) is 9.10. The van der Waals surface area contributed by atoms with Crippen molar-refractivity contribution in [1.29, 1.82) is 0 Å². The third kappa shape index (κ3) is 3.96. The first-order valence-electron chi connectivity index (χ1n) is 12.7. The van der Waals surface area contributed by atoms with Crippen molar-refractivity contribution < 1.29 is 20.1 Å². The van der Waals surface area contributed by atoms with E-state index in [1.165, 1.54) is 25.7 Å². The number of carboxylic acid groups (broad SMARTS) is 1. The van der Waals surface area contributed by atoms with Crippen molar-refractivity contribution in [3.63, 3.8) is 0 Å². The van der Waals surface area contributed by atoms with E-state index in [1.54, 1.807) is 0 Å². The fourth-order valence-corrected chi connectivity index (χ4v) is 8.89. The molecule has 30 heavy (non-hydrogen) atoms. The van der Waals surface area contributed by atoms with Crippen LogP contribution in [0.1, 0.15) is 98.8 Å². The number of hydrogen-bond acceptors (Lipinski definition) is 3. The summed E-state index contributed by atoms with van der Waals surface area (Å²) in [4.78, 5) is 11.1. The first-order chi connectivity index (χ1) is 14.2. The number of aliphatic hydroxyl groups is 2. The average molecular weight is 423 g/mol. The number of hydrogen-bond donors (Lipinski definition) is 3. The summed E-state index contributed by atoms with van der Waals surface area (Å²) in [6.45, 7) is 11.1. The Labute approximate surface area is 183 Å². The molecule has 4 aliphatic rings. The van der Waals surface area contributed by atoms with Gasteiger partial charge in [-0.25, -0.2) is 0 Å². The zero-order valence-corrected chi connectivity index (χ0v) is 19.9. The van der Waals surface area contributed by atoms with Gasteiger partial charge in [0.1, 0.15) is 0 Å². The lowest BCUT2D eigenvalue weighted by Crippen LogP contribution is -2.59. The molecule has 0 spiro atoms. The second-order valence-electron chi connectivity index (χ2n) is 11.4. The van der Waals surface area contributed by atoms with Gasteiger partial charge in [-0.2, -0.15) is 0 Å². The largest absolute Gasteiger partial charge is 0.481 e. The summed E-state index contributed by atoms with van der Waals surface area (Å²) in [7, 11) is 0. The highest BCUT2D eigenvalue weighted by molar-refractivity contribution is 5.66. The van der Waals surface area contributed by atoms with Crippen LogP contribution in [-0.2, 0) is 4.79 Å². The molecule has 0 aromatic carbocycles. The summed E-state index contributed by atoms with van der Waals surface area (Å²) >= 11 is 0. The molecule has 0 aliphatic heterocycles. The van der Waals surface area contributed by atoms with E-state index >= 15 is 0 Å². The van der Waals surface area contributed by atoms with E-state index in [9.17, 15) is 15.0 Å². The average Bonchev–Trinajstić information content (AvgIpc) is 3.04. The Morgan fingerprint density at radius 2 is 1.73 bits per heavy atom. The van der Waals surface area contributed by atoms with Gasteiger partial charge in [0.15, 0.2) is 0 Å². The van der Waals surface area contributed by atoms with Crippen LogP contribution in [0.2, 0.25) is 0 Å². The van der Waals surface area contributed by atoms with Crippen LogP contribution in [-0.4, -0.2) is 33.5 Å². The van der Waals surface area contributed by atoms with Crippen molar-refractivity contribution in [2.75, 3.05) is 0 Å². The summed E-state index contributed by atoms with van der Waals surface area (Å²) in [5.74, 6) is 2.46. The Morgan fingerprint density at radius 3 is 2.40 bits per heavy atom. The van der Waals surface area contributed by atoms with E-state index in [2.05, 4.69) is 20.8 Å². The van der Waals surface area contributed by atoms with Gasteiger partial charge in [0, 0.05) is 6.42 Å². The second-order valence-corrected chi connectivity index (χ2v) is 11.4. The third-order valence-corrected chi connectivity index (χ3v) is 10.1. The number of carbonyl (C=O) groups is 1. The smallest absolute Gasteiger partial charge is 0.303 e. The van der Waals surface area contributed by atoms with Crippen LogP contribution in [0, 0.1) is 46.3 Å². The molecule has 174 valence electrons. The predicted octanol–water partition coefficient (Wildman–Crippen LogP) is 5.50. The quantitative estimate of drug-likeness (QED) is 0.559. The van der Waals surface area contributed by atoms with Crippen LogP contribution in [0.15, 0.2) is 0 Å². The van der Waals surface area contributed by atoms with E-state index in [0.717, 1.165) is 32.1 Å². The molecule has 0 aromatic heterocycles. The molecule has 0 radical (unpaired) electrons. The Balaban J connectivity index is 0.00000124. The standard InChI is InChI=1S/C24H40O4.C2H6/c1-14(4-9-21(27)28)18-7-8-19-17-6-5-15-12-16(25)10-11-23(15,2)22(17)20(26)13-24(18,19)3;1-2/h14-20,22,25-26H,4-13H2,1-3H3,(H,27,28);1-2H3/t14-,15?,16-,17?,18?,19?,20?,22?,23?,24?;/m1./s1. The molecule has 8 unspecified atom stereocenters. The molecule has 0 amide bonds. The lowest BCUT2D eigenvalue weighted by molar-refractivity contribution is -0.179. The molecule has 4 aliphatic carbocycles. The molecule has 0 saturated heterocycles. The van der Waals surface area contributed by atoms with Gasteiger partial charge in [-0.15, -0.1) is 0 Å². The molecule has 10 atom stereocenters. The number of rotatable bonds is 4. The molecule has 0 aromatic rings. The zero-order valence-electron chi connectivity index (χ0n) is 19.9. The highest BCUT2D eigenvalue weighted by Crippen LogP contribution is 2.68. The Hall–Kier alpha value is -0.610. The molecule has 4 rings (SSSR count). The van der Waals surface area contributed by atoms with Crippen LogP contribution in [0.4, 0.5) is 0 Å². The monoisotopic (exact) mass is 422 g/mol. The van der Waals surface area contributed by atoms with Crippen LogP contribution < -0.4 is 0 Å². The Bertz CT molecular complexity index is 606. The minimum Gasteiger partial charge on any atom is -0.481 e. The molecule has 0 bridgehead atoms. The maximum absolute atomic E-state index is 11.4. The molecular formula is C26H46O4. The van der Waals surface area contributed by atoms with Crippen LogP contribution in [0.25, 0.3) is 0 Å². The van der Waals surface area contributed by atoms with E-state index in [1.807, 2.05) is 13.8 Å². The van der Waals surface area contributed by atoms with E-state index in [-0.39, 0.29) is 29.5 Å². The normalized spacial score (nSPS) is 48.4. The topological polar surface area (TPSA) is 77.8 Å². The summed E-state index contributed by atoms with van der Waals surface area (Å²) in [5, 5.41) is 30.7. The Morgan fingerprint density at radius 1 is 1.03 bits per heavy atom. The number of carboxylic acids is 1. The minimum absolute atomic E-state index is 0.147. The summed E-state index contributed by atoms with van der Waals surface area (Å²) in [6.07, 6.45) is 9.20. The SMILES string of the molecule is CC.C[C@H](CCC(=O)O)C1CCC2C3CCC4C[C@H](O)CCC4(C)C3C(O)CC21C. The summed E-state index contributed by atoms with van der Waals surface area (Å²) in [5.41, 5.74) is 0.325. The zero-order chi connectivity index (χ0) is 22.3. The van der Waals surface area contributed by atoms with E-state index < -0.39 is 5.97 Å². The molecule has 3 N–H and O–H groups in total. The van der Waals surface area contributed by atoms with Gasteiger partial charge >= 0.3 is 5.97 Å². The van der Waals surface area contributed by atoms with E-state index in [0.29, 0.717) is 35.5 Å². The maximum Gasteiger partial charge on any atom is 0.303 e. The fraction of sp³-hybridized carbons (Fsp3) is 0.962. The van der Waals surface area contributed by atoms with Gasteiger partial charge < -0.3 is 15.3 Å². The molecule has 4 saturated carbocycles. The van der Waals surface area contributed by atoms with Crippen molar-refractivity contribution >= 4 is 5.97 Å². The number of fused-ring (bicyclic) bond motifs is 5. The first-order valence-corrected chi connectivity index (χ1v) is 12.7. The Kier molecular flexibility index (Phi) is 7.29. The molecule has 4 fully saturated rings. The molecule has 4 heteroatoms. The van der Waals surface area contributed by atoms with Crippen molar-refractivity contribution in [2.45, 2.75) is 111 Å². The van der Waals surface area contributed by atoms with Gasteiger partial charge in [0.2, 0.25) is 0 Å². The molecule has 0 heterocycles. The molecular weight excluding hydrogens is 376 g/mol. The highest BCUT2D eigenvalue weighted by atomic mass is 16.4. The lowest BCUT2D eigenvalue weighted by Gasteiger charge is -2.62. The van der Waals surface area contributed by atoms with Crippen LogP contribution in [0.3, 0.4) is 0 Å². The predicted molar refractivity (Wildman–Crippen MR) is 120 cm³/mol. The van der Waals surface area contributed by atoms with Gasteiger partial charge in [-0.1, -0.05) is 34.6 Å². The molecule has 4 nitrogen and oxygen atoms in total.